The van der Waals surface area contributed by atoms with E-state index in [9.17, 15) is 0 Å². The fraction of sp³-hybridized carbons (Fsp3) is 0.0909. The molecule has 0 saturated heterocycles. The largest absolute Gasteiger partial charge is 2.00 e. The van der Waals surface area contributed by atoms with E-state index >= 15 is 0 Å². The van der Waals surface area contributed by atoms with Gasteiger partial charge in [-0.2, -0.15) is 0 Å². The zero-order valence-corrected chi connectivity index (χ0v) is 31.1. The first-order valence-electron chi connectivity index (χ1n) is 17.0. The first-order valence-corrected chi connectivity index (χ1v) is 17.0. The number of rotatable bonds is 4. The maximum absolute atomic E-state index is 6.50. The van der Waals surface area contributed by atoms with E-state index in [1.165, 1.54) is 38.9 Å². The molecule has 5 heterocycles. The van der Waals surface area contributed by atoms with Gasteiger partial charge in [0.05, 0.1) is 22.5 Å². The second-order valence-electron chi connectivity index (χ2n) is 13.2. The van der Waals surface area contributed by atoms with E-state index < -0.39 is 0 Å². The average molecular weight is 854 g/mol. The summed E-state index contributed by atoms with van der Waals surface area (Å²) in [6.07, 6.45) is 9.05. The van der Waals surface area contributed by atoms with Crippen LogP contribution in [-0.4, -0.2) is 28.7 Å². The summed E-state index contributed by atoms with van der Waals surface area (Å²) < 4.78 is 10.7. The van der Waals surface area contributed by atoms with Gasteiger partial charge in [-0.15, -0.1) is 12.1 Å². The number of fused-ring (bicyclic) bond motifs is 12. The van der Waals surface area contributed by atoms with E-state index in [1.54, 1.807) is 18.6 Å². The smallest absolute Gasteiger partial charge is 0.497 e. The minimum absolute atomic E-state index is 0. The van der Waals surface area contributed by atoms with Crippen molar-refractivity contribution in [1.82, 2.24) is 28.7 Å². The summed E-state index contributed by atoms with van der Waals surface area (Å²) in [6, 6.07) is 34.8. The summed E-state index contributed by atoms with van der Waals surface area (Å²) in [7, 11) is 0. The Bertz CT molecular complexity index is 3030. The van der Waals surface area contributed by atoms with Crippen LogP contribution in [0, 0.1) is 39.8 Å². The summed E-state index contributed by atoms with van der Waals surface area (Å²) in [4.78, 5) is 18.9. The van der Waals surface area contributed by atoms with Crippen LogP contribution in [0.1, 0.15) is 22.3 Å². The van der Waals surface area contributed by atoms with Crippen molar-refractivity contribution < 1.29 is 25.8 Å². The maximum atomic E-state index is 6.50. The Balaban J connectivity index is 0.00000360. The molecule has 8 heteroatoms. The summed E-state index contributed by atoms with van der Waals surface area (Å²) in [5.41, 5.74) is 13.8. The van der Waals surface area contributed by atoms with Gasteiger partial charge < -0.3 is 13.5 Å². The number of benzene rings is 5. The van der Waals surface area contributed by atoms with Crippen LogP contribution >= 0.6 is 0 Å². The first kappa shape index (κ1) is 32.0. The minimum atomic E-state index is 0. The van der Waals surface area contributed by atoms with Crippen LogP contribution in [0.25, 0.3) is 77.3 Å². The van der Waals surface area contributed by atoms with E-state index in [0.717, 1.165) is 60.6 Å². The van der Waals surface area contributed by atoms with Gasteiger partial charge in [0.2, 0.25) is 0 Å². The summed E-state index contributed by atoms with van der Waals surface area (Å²) >= 11 is 0. The molecular formula is C44H30N6OPt. The SMILES string of the molecule is Cc1cccc(C)c1-c1ccc2c3ccc(Oc4[c-]c5c(cc4)c4nccnc4n4ccnc54)[c-]c3c3ncc(-c4c(C)cccc4C)n3c2c1.[Pt+2]. The third-order valence-corrected chi connectivity index (χ3v) is 10.1. The van der Waals surface area contributed by atoms with Gasteiger partial charge in [0.15, 0.2) is 0 Å². The van der Waals surface area contributed by atoms with Crippen LogP contribution in [0.15, 0.2) is 110 Å². The van der Waals surface area contributed by atoms with Crippen molar-refractivity contribution in [2.45, 2.75) is 27.7 Å². The van der Waals surface area contributed by atoms with Crippen LogP contribution in [0.3, 0.4) is 0 Å². The molecule has 10 aromatic rings. The molecule has 0 saturated carbocycles. The maximum Gasteiger partial charge on any atom is 2.00 e. The molecule has 0 aliphatic rings. The topological polar surface area (TPSA) is 69.6 Å². The molecule has 0 bridgehead atoms. The number of ether oxygens (including phenoxy) is 1. The zero-order chi connectivity index (χ0) is 34.4. The number of nitrogens with zero attached hydrogens (tertiary/aromatic N) is 6. The van der Waals surface area contributed by atoms with Crippen molar-refractivity contribution in [3.8, 4) is 33.9 Å². The molecule has 0 fully saturated rings. The fourth-order valence-corrected chi connectivity index (χ4v) is 7.85. The van der Waals surface area contributed by atoms with Gasteiger partial charge in [0.1, 0.15) is 5.65 Å². The van der Waals surface area contributed by atoms with Gasteiger partial charge in [0.25, 0.3) is 0 Å². The van der Waals surface area contributed by atoms with E-state index in [2.05, 4.69) is 120 Å². The third kappa shape index (κ3) is 4.76. The van der Waals surface area contributed by atoms with Gasteiger partial charge in [-0.25, -0.2) is 4.98 Å². The standard InChI is InChI=1S/C44H30N6O.Pt/c1-25-7-5-8-26(2)39(25)29-11-14-33-32-15-12-30(22-35(32)43-48-24-38(50(43)37(33)21-29)40-27(3)9-6-10-28(40)4)51-31-13-16-34-36(23-31)42-47-19-20-49(42)44-41(34)45-17-18-46-44;/h5-21,24H,1-4H3;/q-2;+2. The third-order valence-electron chi connectivity index (χ3n) is 10.1. The predicted molar refractivity (Wildman–Crippen MR) is 204 cm³/mol. The number of hydrogen-bond donors (Lipinski definition) is 0. The zero-order valence-electron chi connectivity index (χ0n) is 28.8. The van der Waals surface area contributed by atoms with Crippen molar-refractivity contribution in [2.75, 3.05) is 0 Å². The summed E-state index contributed by atoms with van der Waals surface area (Å²) in [5, 5.41) is 4.79. The van der Waals surface area contributed by atoms with Crippen LogP contribution < -0.4 is 4.74 Å². The second-order valence-corrected chi connectivity index (χ2v) is 13.2. The molecule has 0 unspecified atom stereocenters. The Kier molecular flexibility index (Phi) is 7.46. The number of hydrogen-bond acceptors (Lipinski definition) is 5. The van der Waals surface area contributed by atoms with E-state index in [-0.39, 0.29) is 21.1 Å². The fourth-order valence-electron chi connectivity index (χ4n) is 7.85. The van der Waals surface area contributed by atoms with Crippen molar-refractivity contribution in [2.24, 2.45) is 0 Å². The Morgan fingerprint density at radius 2 is 1.19 bits per heavy atom. The molecule has 0 aliphatic carbocycles. The summed E-state index contributed by atoms with van der Waals surface area (Å²) in [5.74, 6) is 1.13. The number of aromatic nitrogens is 6. The molecule has 0 atom stereocenters. The first-order chi connectivity index (χ1) is 24.9. The van der Waals surface area contributed by atoms with Crippen molar-refractivity contribution in [3.05, 3.63) is 144 Å². The molecule has 0 N–H and O–H groups in total. The van der Waals surface area contributed by atoms with Crippen LogP contribution in [-0.2, 0) is 21.1 Å². The van der Waals surface area contributed by atoms with Gasteiger partial charge in [-0.3, -0.25) is 15.0 Å². The predicted octanol–water partition coefficient (Wildman–Crippen LogP) is 10.3. The van der Waals surface area contributed by atoms with Crippen molar-refractivity contribution in [3.63, 3.8) is 0 Å². The molecule has 0 spiro atoms. The molecule has 7 nitrogen and oxygen atoms in total. The normalized spacial score (nSPS) is 11.7. The molecule has 10 rings (SSSR count). The molecule has 52 heavy (non-hydrogen) atoms. The Morgan fingerprint density at radius 3 is 1.92 bits per heavy atom. The molecular weight excluding hydrogens is 824 g/mol. The van der Waals surface area contributed by atoms with Gasteiger partial charge in [0, 0.05) is 53.6 Å². The second kappa shape index (κ2) is 12.1. The van der Waals surface area contributed by atoms with Crippen molar-refractivity contribution >= 4 is 54.9 Å². The molecule has 0 aliphatic heterocycles. The molecule has 5 aromatic carbocycles. The van der Waals surface area contributed by atoms with Gasteiger partial charge >= 0.3 is 21.1 Å². The molecule has 5 aromatic heterocycles. The van der Waals surface area contributed by atoms with E-state index in [1.807, 2.05) is 35.0 Å². The monoisotopic (exact) mass is 853 g/mol. The van der Waals surface area contributed by atoms with Gasteiger partial charge in [-0.05, 0) is 72.5 Å². The number of imidazole rings is 2. The Morgan fingerprint density at radius 1 is 0.577 bits per heavy atom. The number of aryl methyl sites for hydroxylation is 4. The molecule has 0 radical (unpaired) electrons. The number of pyridine rings is 2. The quantitative estimate of drug-likeness (QED) is 0.130. The Hall–Kier alpha value is -5.91. The van der Waals surface area contributed by atoms with Gasteiger partial charge in [-0.1, -0.05) is 94.3 Å². The minimum Gasteiger partial charge on any atom is -0.497 e. The molecule has 252 valence electrons. The van der Waals surface area contributed by atoms with Crippen molar-refractivity contribution in [1.29, 1.82) is 0 Å². The average Bonchev–Trinajstić information content (AvgIpc) is 3.81. The molecule has 0 amide bonds. The van der Waals surface area contributed by atoms with E-state index in [0.29, 0.717) is 11.5 Å². The van der Waals surface area contributed by atoms with Crippen LogP contribution in [0.4, 0.5) is 0 Å². The van der Waals surface area contributed by atoms with Crippen LogP contribution in [0.2, 0.25) is 0 Å². The Labute approximate surface area is 313 Å². The van der Waals surface area contributed by atoms with E-state index in [4.69, 9.17) is 9.72 Å². The summed E-state index contributed by atoms with van der Waals surface area (Å²) in [6.45, 7) is 8.69. The van der Waals surface area contributed by atoms with Crippen LogP contribution in [0.5, 0.6) is 11.5 Å².